The van der Waals surface area contributed by atoms with Crippen LogP contribution in [0.15, 0.2) is 54.9 Å². The first-order chi connectivity index (χ1) is 13.7. The van der Waals surface area contributed by atoms with Crippen molar-refractivity contribution in [2.45, 2.75) is 72.6 Å². The van der Waals surface area contributed by atoms with Crippen molar-refractivity contribution in [3.63, 3.8) is 0 Å². The van der Waals surface area contributed by atoms with E-state index in [1.165, 1.54) is 62.6 Å². The Balaban J connectivity index is 1.98. The summed E-state index contributed by atoms with van der Waals surface area (Å²) in [5.74, 6) is 0. The van der Waals surface area contributed by atoms with Gasteiger partial charge in [-0.15, -0.1) is 0 Å². The molecule has 1 aromatic heterocycles. The Morgan fingerprint density at radius 2 is 1.39 bits per heavy atom. The third-order valence-corrected chi connectivity index (χ3v) is 21.8. The van der Waals surface area contributed by atoms with Crippen molar-refractivity contribution in [1.82, 2.24) is 9.78 Å². The van der Waals surface area contributed by atoms with Gasteiger partial charge in [-0.05, 0) is 0 Å². The van der Waals surface area contributed by atoms with E-state index in [0.29, 0.717) is 0 Å². The molecule has 0 amide bonds. The van der Waals surface area contributed by atoms with E-state index in [4.69, 9.17) is 0 Å². The fourth-order valence-electron chi connectivity index (χ4n) is 4.48. The molecule has 0 saturated carbocycles. The Morgan fingerprint density at radius 1 is 0.786 bits per heavy atom. The summed E-state index contributed by atoms with van der Waals surface area (Å²) in [5, 5.41) is 7.11. The number of unbranched alkanes of at least 4 members (excludes halogenated alkanes) is 3. The molecule has 0 aliphatic heterocycles. The SMILES string of the molecule is CCC[CH2][Sn]([CH2]CCC)([CH2]CCC)[c]1ccc2cc(-n3cccn3)ccc2c1. The third kappa shape index (κ3) is 5.00. The zero-order valence-corrected chi connectivity index (χ0v) is 20.8. The number of aromatic nitrogens is 2. The predicted octanol–water partition coefficient (Wildman–Crippen LogP) is 7.08. The van der Waals surface area contributed by atoms with Gasteiger partial charge in [-0.3, -0.25) is 0 Å². The van der Waals surface area contributed by atoms with Crippen LogP contribution in [0.2, 0.25) is 13.3 Å². The minimum absolute atomic E-state index is 1.14. The summed E-state index contributed by atoms with van der Waals surface area (Å²) in [7, 11) is 0. The third-order valence-electron chi connectivity index (χ3n) is 6.23. The van der Waals surface area contributed by atoms with Crippen molar-refractivity contribution in [2.24, 2.45) is 0 Å². The van der Waals surface area contributed by atoms with E-state index in [-0.39, 0.29) is 0 Å². The second kappa shape index (κ2) is 10.5. The van der Waals surface area contributed by atoms with Crippen molar-refractivity contribution >= 4 is 32.7 Å². The molecule has 0 saturated heterocycles. The van der Waals surface area contributed by atoms with Gasteiger partial charge in [-0.1, -0.05) is 0 Å². The van der Waals surface area contributed by atoms with E-state index in [2.05, 4.69) is 62.3 Å². The molecule has 0 bridgehead atoms. The molecule has 3 heteroatoms. The van der Waals surface area contributed by atoms with Crippen LogP contribution < -0.4 is 3.58 Å². The Hall–Kier alpha value is -1.29. The normalized spacial score (nSPS) is 12.0. The molecule has 0 fully saturated rings. The van der Waals surface area contributed by atoms with E-state index in [1.807, 2.05) is 23.1 Å². The van der Waals surface area contributed by atoms with E-state index in [1.54, 1.807) is 3.58 Å². The average Bonchev–Trinajstić information content (AvgIpc) is 3.28. The summed E-state index contributed by atoms with van der Waals surface area (Å²) >= 11 is -2.35. The molecule has 3 aromatic rings. The molecule has 0 unspecified atom stereocenters. The maximum atomic E-state index is 4.38. The summed E-state index contributed by atoms with van der Waals surface area (Å²) in [4.78, 5) is 0. The molecule has 0 aliphatic carbocycles. The van der Waals surface area contributed by atoms with Gasteiger partial charge in [-0.2, -0.15) is 0 Å². The van der Waals surface area contributed by atoms with Crippen LogP contribution in [0.1, 0.15) is 59.3 Å². The topological polar surface area (TPSA) is 17.8 Å². The number of fused-ring (bicyclic) bond motifs is 1. The average molecular weight is 483 g/mol. The van der Waals surface area contributed by atoms with Gasteiger partial charge in [0, 0.05) is 0 Å². The zero-order valence-electron chi connectivity index (χ0n) is 18.0. The molecule has 0 N–H and O–H groups in total. The van der Waals surface area contributed by atoms with Gasteiger partial charge in [-0.25, -0.2) is 0 Å². The number of hydrogen-bond acceptors (Lipinski definition) is 1. The van der Waals surface area contributed by atoms with Gasteiger partial charge in [0.2, 0.25) is 0 Å². The van der Waals surface area contributed by atoms with Crippen molar-refractivity contribution in [3.05, 3.63) is 54.9 Å². The van der Waals surface area contributed by atoms with Gasteiger partial charge in [0.25, 0.3) is 0 Å². The van der Waals surface area contributed by atoms with Crippen molar-refractivity contribution < 1.29 is 0 Å². The van der Waals surface area contributed by atoms with Crippen LogP contribution in [0.5, 0.6) is 0 Å². The minimum atomic E-state index is -2.35. The Kier molecular flexibility index (Phi) is 8.01. The molecular formula is C25H36N2Sn. The summed E-state index contributed by atoms with van der Waals surface area (Å²) in [6, 6.07) is 16.2. The van der Waals surface area contributed by atoms with Crippen LogP contribution in [-0.2, 0) is 0 Å². The Labute approximate surface area is 175 Å². The van der Waals surface area contributed by atoms with Crippen LogP contribution in [-0.4, -0.2) is 28.2 Å². The quantitative estimate of drug-likeness (QED) is 0.267. The van der Waals surface area contributed by atoms with E-state index in [0.717, 1.165) is 5.69 Å². The molecule has 28 heavy (non-hydrogen) atoms. The predicted molar refractivity (Wildman–Crippen MR) is 126 cm³/mol. The Bertz CT molecular complexity index is 832. The summed E-state index contributed by atoms with van der Waals surface area (Å²) in [5.41, 5.74) is 1.14. The molecule has 3 rings (SSSR count). The second-order valence-electron chi connectivity index (χ2n) is 8.29. The van der Waals surface area contributed by atoms with Gasteiger partial charge in [0.05, 0.1) is 0 Å². The summed E-state index contributed by atoms with van der Waals surface area (Å²) < 4.78 is 8.30. The second-order valence-corrected chi connectivity index (χ2v) is 21.5. The fourth-order valence-corrected chi connectivity index (χ4v) is 20.5. The zero-order chi connectivity index (χ0) is 19.8. The van der Waals surface area contributed by atoms with Crippen LogP contribution in [0.25, 0.3) is 16.5 Å². The van der Waals surface area contributed by atoms with Crippen LogP contribution in [0, 0.1) is 0 Å². The number of rotatable bonds is 11. The van der Waals surface area contributed by atoms with Gasteiger partial charge < -0.3 is 0 Å². The van der Waals surface area contributed by atoms with Crippen molar-refractivity contribution in [2.75, 3.05) is 0 Å². The van der Waals surface area contributed by atoms with E-state index < -0.39 is 18.4 Å². The molecule has 2 nitrogen and oxygen atoms in total. The molecule has 0 radical (unpaired) electrons. The van der Waals surface area contributed by atoms with Crippen LogP contribution >= 0.6 is 0 Å². The van der Waals surface area contributed by atoms with Gasteiger partial charge in [0.1, 0.15) is 0 Å². The molecule has 0 aliphatic rings. The monoisotopic (exact) mass is 484 g/mol. The first-order valence-corrected chi connectivity index (χ1v) is 18.7. The molecule has 150 valence electrons. The number of benzene rings is 2. The van der Waals surface area contributed by atoms with E-state index in [9.17, 15) is 0 Å². The first-order valence-electron chi connectivity index (χ1n) is 11.3. The molecule has 1 heterocycles. The molecular weight excluding hydrogens is 447 g/mol. The van der Waals surface area contributed by atoms with Crippen LogP contribution in [0.4, 0.5) is 0 Å². The van der Waals surface area contributed by atoms with Crippen molar-refractivity contribution in [1.29, 1.82) is 0 Å². The Morgan fingerprint density at radius 3 is 1.96 bits per heavy atom. The van der Waals surface area contributed by atoms with Gasteiger partial charge in [0.15, 0.2) is 0 Å². The first kappa shape index (κ1) is 21.4. The molecule has 0 spiro atoms. The number of nitrogens with zero attached hydrogens (tertiary/aromatic N) is 2. The van der Waals surface area contributed by atoms with E-state index >= 15 is 0 Å². The number of hydrogen-bond donors (Lipinski definition) is 0. The van der Waals surface area contributed by atoms with Gasteiger partial charge >= 0.3 is 176 Å². The molecule has 0 atom stereocenters. The summed E-state index contributed by atoms with van der Waals surface area (Å²) in [6.07, 6.45) is 12.1. The van der Waals surface area contributed by atoms with Crippen molar-refractivity contribution in [3.8, 4) is 5.69 Å². The summed E-state index contributed by atoms with van der Waals surface area (Å²) in [6.45, 7) is 7.06. The molecule has 2 aromatic carbocycles. The maximum absolute atomic E-state index is 4.38. The fraction of sp³-hybridized carbons (Fsp3) is 0.480. The standard InChI is InChI=1S/C13H9N2.3C4H9.Sn/c1-2-5-12-10-13(7-6-11(12)4-1)15-9-3-8-14-15;3*1-3-4-2;/h2-10H;3*1,3-4H2,2H3;. The van der Waals surface area contributed by atoms with Crippen LogP contribution in [0.3, 0.4) is 0 Å².